The van der Waals surface area contributed by atoms with Crippen LogP contribution in [0.25, 0.3) is 11.1 Å². The lowest BCUT2D eigenvalue weighted by Gasteiger charge is -2.19. The zero-order valence-corrected chi connectivity index (χ0v) is 21.1. The maximum atomic E-state index is 13.3. The van der Waals surface area contributed by atoms with Gasteiger partial charge in [0.25, 0.3) is 0 Å². The molecule has 1 amide bonds. The molecule has 1 aliphatic carbocycles. The molecule has 0 unspecified atom stereocenters. The third-order valence-corrected chi connectivity index (χ3v) is 6.49. The van der Waals surface area contributed by atoms with Gasteiger partial charge in [-0.25, -0.2) is 0 Å². The molecule has 0 aliphatic heterocycles. The van der Waals surface area contributed by atoms with Crippen molar-refractivity contribution in [3.8, 4) is 28.4 Å². The summed E-state index contributed by atoms with van der Waals surface area (Å²) >= 11 is 0. The first-order valence-corrected chi connectivity index (χ1v) is 12.0. The molecule has 0 heterocycles. The third kappa shape index (κ3) is 5.15. The Morgan fingerprint density at radius 1 is 0.972 bits per heavy atom. The molecule has 1 aliphatic rings. The van der Waals surface area contributed by atoms with Crippen LogP contribution in [0.4, 0.5) is 5.69 Å². The van der Waals surface area contributed by atoms with E-state index in [-0.39, 0.29) is 17.4 Å². The van der Waals surface area contributed by atoms with Crippen LogP contribution in [0.3, 0.4) is 0 Å². The molecule has 0 aromatic heterocycles. The predicted molar refractivity (Wildman–Crippen MR) is 141 cm³/mol. The standard InChI is InChI=1S/C29H32N2O5/c1-18(32)31-23-12-10-20-16-26(34-2)28(35-3)29(36-4)27(20)21-11-13-24(25(33)17-22(21)23)30-15-14-19-8-6-5-7-9-19/h5-9,11,13,16-17,23H,10,12,14-15H2,1-4H3,(H,30,33)(H,31,32)/t23-/m1/s1. The van der Waals surface area contributed by atoms with Gasteiger partial charge in [-0.1, -0.05) is 36.4 Å². The van der Waals surface area contributed by atoms with Crippen LogP contribution in [0.2, 0.25) is 0 Å². The number of aryl methyl sites for hydroxylation is 1. The zero-order valence-electron chi connectivity index (χ0n) is 21.1. The Morgan fingerprint density at radius 3 is 2.39 bits per heavy atom. The van der Waals surface area contributed by atoms with E-state index < -0.39 is 0 Å². The highest BCUT2D eigenvalue weighted by Gasteiger charge is 2.29. The third-order valence-electron chi connectivity index (χ3n) is 6.49. The number of ether oxygens (including phenoxy) is 3. The summed E-state index contributed by atoms with van der Waals surface area (Å²) in [6, 6.07) is 17.1. The van der Waals surface area contributed by atoms with E-state index >= 15 is 0 Å². The molecule has 36 heavy (non-hydrogen) atoms. The van der Waals surface area contributed by atoms with Crippen molar-refractivity contribution in [2.24, 2.45) is 0 Å². The Labute approximate surface area is 211 Å². The van der Waals surface area contributed by atoms with Crippen LogP contribution < -0.4 is 30.3 Å². The average Bonchev–Trinajstić information content (AvgIpc) is 3.12. The molecule has 0 saturated carbocycles. The Kier molecular flexibility index (Phi) is 7.78. The van der Waals surface area contributed by atoms with Crippen LogP contribution in [0, 0.1) is 0 Å². The van der Waals surface area contributed by atoms with Crippen LogP contribution in [-0.2, 0) is 17.6 Å². The van der Waals surface area contributed by atoms with Crippen molar-refractivity contribution in [2.45, 2.75) is 32.2 Å². The van der Waals surface area contributed by atoms with Gasteiger partial charge in [0.05, 0.1) is 33.1 Å². The molecule has 0 spiro atoms. The molecular formula is C29H32N2O5. The van der Waals surface area contributed by atoms with E-state index in [0.29, 0.717) is 42.3 Å². The summed E-state index contributed by atoms with van der Waals surface area (Å²) in [4.78, 5) is 25.4. The maximum Gasteiger partial charge on any atom is 0.217 e. The first kappa shape index (κ1) is 25.1. The molecule has 3 aromatic rings. The van der Waals surface area contributed by atoms with Gasteiger partial charge in [-0.2, -0.15) is 0 Å². The number of methoxy groups -OCH3 is 3. The van der Waals surface area contributed by atoms with Gasteiger partial charge in [-0.05, 0) is 59.7 Å². The number of rotatable bonds is 8. The van der Waals surface area contributed by atoms with Crippen LogP contribution in [0.5, 0.6) is 17.2 Å². The summed E-state index contributed by atoms with van der Waals surface area (Å²) in [5.74, 6) is 1.44. The number of hydrogen-bond acceptors (Lipinski definition) is 6. The number of anilines is 1. The number of carbonyl (C=O) groups is 1. The van der Waals surface area contributed by atoms with Crippen molar-refractivity contribution < 1.29 is 19.0 Å². The SMILES string of the molecule is COc1cc2c(c(OC)c1OC)-c1ccc(NCCc3ccccc3)c(=O)cc1[C@H](NC(C)=O)CC2. The topological polar surface area (TPSA) is 85.9 Å². The van der Waals surface area contributed by atoms with Crippen molar-refractivity contribution >= 4 is 11.6 Å². The van der Waals surface area contributed by atoms with Crippen molar-refractivity contribution in [1.82, 2.24) is 5.32 Å². The number of nitrogens with one attached hydrogen (secondary N) is 2. The van der Waals surface area contributed by atoms with Gasteiger partial charge in [0, 0.05) is 19.0 Å². The van der Waals surface area contributed by atoms with Crippen molar-refractivity contribution in [2.75, 3.05) is 33.2 Å². The highest BCUT2D eigenvalue weighted by molar-refractivity contribution is 5.83. The summed E-state index contributed by atoms with van der Waals surface area (Å²) in [5.41, 5.74) is 4.95. The molecule has 0 radical (unpaired) electrons. The van der Waals surface area contributed by atoms with E-state index in [4.69, 9.17) is 14.2 Å². The van der Waals surface area contributed by atoms with Crippen molar-refractivity contribution in [1.29, 1.82) is 0 Å². The van der Waals surface area contributed by atoms with E-state index in [2.05, 4.69) is 22.8 Å². The maximum absolute atomic E-state index is 13.3. The van der Waals surface area contributed by atoms with Gasteiger partial charge in [0.2, 0.25) is 17.1 Å². The average molecular weight is 489 g/mol. The molecule has 2 N–H and O–H groups in total. The lowest BCUT2D eigenvalue weighted by atomic mass is 9.95. The van der Waals surface area contributed by atoms with Crippen LogP contribution in [0.1, 0.15) is 36.1 Å². The van der Waals surface area contributed by atoms with Gasteiger partial charge in [-0.3, -0.25) is 9.59 Å². The molecule has 0 saturated heterocycles. The fraction of sp³-hybridized carbons (Fsp3) is 0.310. The first-order chi connectivity index (χ1) is 17.5. The largest absolute Gasteiger partial charge is 0.493 e. The molecule has 4 rings (SSSR count). The minimum Gasteiger partial charge on any atom is -0.493 e. The number of amides is 1. The summed E-state index contributed by atoms with van der Waals surface area (Å²) in [6.07, 6.45) is 2.07. The van der Waals surface area contributed by atoms with Crippen LogP contribution in [-0.4, -0.2) is 33.8 Å². The van der Waals surface area contributed by atoms with E-state index in [1.807, 2.05) is 36.4 Å². The Balaban J connectivity index is 1.84. The molecule has 7 nitrogen and oxygen atoms in total. The molecule has 1 atom stereocenters. The smallest absolute Gasteiger partial charge is 0.217 e. The van der Waals surface area contributed by atoms with Crippen molar-refractivity contribution in [3.05, 3.63) is 81.5 Å². The molecule has 0 bridgehead atoms. The highest BCUT2D eigenvalue weighted by Crippen LogP contribution is 2.50. The van der Waals surface area contributed by atoms with Gasteiger partial charge in [-0.15, -0.1) is 0 Å². The molecule has 3 aromatic carbocycles. The zero-order chi connectivity index (χ0) is 25.7. The summed E-state index contributed by atoms with van der Waals surface area (Å²) in [5, 5.41) is 6.32. The van der Waals surface area contributed by atoms with E-state index in [1.54, 1.807) is 27.4 Å². The lowest BCUT2D eigenvalue weighted by Crippen LogP contribution is -2.26. The summed E-state index contributed by atoms with van der Waals surface area (Å²) in [6.45, 7) is 2.11. The Hall–Kier alpha value is -4.00. The second-order valence-electron chi connectivity index (χ2n) is 8.76. The number of fused-ring (bicyclic) bond motifs is 3. The highest BCUT2D eigenvalue weighted by atomic mass is 16.5. The Bertz CT molecular complexity index is 1310. The van der Waals surface area contributed by atoms with E-state index in [0.717, 1.165) is 28.7 Å². The van der Waals surface area contributed by atoms with E-state index in [9.17, 15) is 9.59 Å². The van der Waals surface area contributed by atoms with Crippen molar-refractivity contribution in [3.63, 3.8) is 0 Å². The molecule has 0 fully saturated rings. The van der Waals surface area contributed by atoms with Crippen LogP contribution in [0.15, 0.2) is 59.4 Å². The van der Waals surface area contributed by atoms with Crippen LogP contribution >= 0.6 is 0 Å². The normalized spacial score (nSPS) is 14.1. The van der Waals surface area contributed by atoms with E-state index in [1.165, 1.54) is 12.5 Å². The van der Waals surface area contributed by atoms with Gasteiger partial charge >= 0.3 is 0 Å². The predicted octanol–water partition coefficient (Wildman–Crippen LogP) is 4.52. The molecular weight excluding hydrogens is 456 g/mol. The molecule has 7 heteroatoms. The Morgan fingerprint density at radius 2 is 1.72 bits per heavy atom. The fourth-order valence-electron chi connectivity index (χ4n) is 4.84. The number of benzene rings is 2. The second kappa shape index (κ2) is 11.2. The fourth-order valence-corrected chi connectivity index (χ4v) is 4.84. The number of hydrogen-bond donors (Lipinski definition) is 2. The molecule has 188 valence electrons. The summed E-state index contributed by atoms with van der Waals surface area (Å²) < 4.78 is 17.0. The minimum absolute atomic E-state index is 0.137. The first-order valence-electron chi connectivity index (χ1n) is 12.0. The lowest BCUT2D eigenvalue weighted by molar-refractivity contribution is -0.119. The number of carbonyl (C=O) groups excluding carboxylic acids is 1. The van der Waals surface area contributed by atoms with Gasteiger partial charge < -0.3 is 24.8 Å². The quantitative estimate of drug-likeness (QED) is 0.485. The van der Waals surface area contributed by atoms with Gasteiger partial charge in [0.15, 0.2) is 11.5 Å². The second-order valence-corrected chi connectivity index (χ2v) is 8.76. The minimum atomic E-state index is -0.330. The summed E-state index contributed by atoms with van der Waals surface area (Å²) in [7, 11) is 4.75. The monoisotopic (exact) mass is 488 g/mol. The van der Waals surface area contributed by atoms with Gasteiger partial charge in [0.1, 0.15) is 0 Å².